The number of halogens is 2. The summed E-state index contributed by atoms with van der Waals surface area (Å²) in [7, 11) is 0. The van der Waals surface area contributed by atoms with Crippen molar-refractivity contribution in [2.24, 2.45) is 5.92 Å². The molecule has 0 aromatic carbocycles. The molecule has 0 unspecified atom stereocenters. The van der Waals surface area contributed by atoms with Crippen LogP contribution in [0.5, 0.6) is 0 Å². The molecule has 1 fully saturated rings. The van der Waals surface area contributed by atoms with Crippen LogP contribution in [-0.2, 0) is 0 Å². The summed E-state index contributed by atoms with van der Waals surface area (Å²) in [6.45, 7) is 0. The van der Waals surface area contributed by atoms with Gasteiger partial charge in [-0.2, -0.15) is 0 Å². The number of ketones is 1. The van der Waals surface area contributed by atoms with E-state index in [1.807, 2.05) is 0 Å². The van der Waals surface area contributed by atoms with E-state index < -0.39 is 0 Å². The van der Waals surface area contributed by atoms with Gasteiger partial charge < -0.3 is 0 Å². The number of thiophene rings is 1. The van der Waals surface area contributed by atoms with Gasteiger partial charge >= 0.3 is 0 Å². The van der Waals surface area contributed by atoms with Gasteiger partial charge in [0.1, 0.15) is 4.34 Å². The van der Waals surface area contributed by atoms with E-state index >= 15 is 0 Å². The van der Waals surface area contributed by atoms with Crippen molar-refractivity contribution in [1.82, 2.24) is 0 Å². The van der Waals surface area contributed by atoms with E-state index in [1.165, 1.54) is 11.3 Å². The van der Waals surface area contributed by atoms with Crippen LogP contribution in [0.3, 0.4) is 0 Å². The molecular formula is C8H6Cl2OS. The van der Waals surface area contributed by atoms with Gasteiger partial charge in [-0.15, -0.1) is 11.3 Å². The van der Waals surface area contributed by atoms with Crippen molar-refractivity contribution in [3.05, 3.63) is 20.3 Å². The van der Waals surface area contributed by atoms with E-state index in [4.69, 9.17) is 23.2 Å². The Hall–Kier alpha value is -0.0500. The Balaban J connectivity index is 2.31. The SMILES string of the molecule is O=C(c1cc(Cl)sc1Cl)C1CC1. The lowest BCUT2D eigenvalue weighted by atomic mass is 10.1. The molecule has 12 heavy (non-hydrogen) atoms. The fourth-order valence-electron chi connectivity index (χ4n) is 1.07. The minimum absolute atomic E-state index is 0.156. The third kappa shape index (κ3) is 1.51. The van der Waals surface area contributed by atoms with Crippen molar-refractivity contribution in [1.29, 1.82) is 0 Å². The molecule has 0 spiro atoms. The first-order chi connectivity index (χ1) is 5.68. The molecule has 64 valence electrons. The third-order valence-corrected chi connectivity index (χ3v) is 3.36. The number of rotatable bonds is 2. The van der Waals surface area contributed by atoms with Crippen LogP contribution in [0.1, 0.15) is 23.2 Å². The number of carbonyl (C=O) groups excluding carboxylic acids is 1. The fourth-order valence-corrected chi connectivity index (χ4v) is 2.55. The summed E-state index contributed by atoms with van der Waals surface area (Å²) >= 11 is 12.8. The number of carbonyl (C=O) groups is 1. The van der Waals surface area contributed by atoms with E-state index in [2.05, 4.69) is 0 Å². The van der Waals surface area contributed by atoms with E-state index in [1.54, 1.807) is 6.07 Å². The summed E-state index contributed by atoms with van der Waals surface area (Å²) < 4.78 is 1.11. The van der Waals surface area contributed by atoms with Crippen molar-refractivity contribution in [3.63, 3.8) is 0 Å². The highest BCUT2D eigenvalue weighted by Gasteiger charge is 2.32. The molecule has 0 amide bonds. The second-order valence-corrected chi connectivity index (χ2v) is 5.16. The third-order valence-electron chi connectivity index (χ3n) is 1.87. The smallest absolute Gasteiger partial charge is 0.168 e. The molecule has 1 heterocycles. The average molecular weight is 221 g/mol. The highest BCUT2D eigenvalue weighted by atomic mass is 35.5. The molecule has 1 aliphatic rings. The summed E-state index contributed by atoms with van der Waals surface area (Å²) in [6.07, 6.45) is 2.01. The Morgan fingerprint density at radius 2 is 2.17 bits per heavy atom. The van der Waals surface area contributed by atoms with Crippen LogP contribution in [0.2, 0.25) is 8.67 Å². The minimum atomic E-state index is 0.156. The van der Waals surface area contributed by atoms with Crippen molar-refractivity contribution in [2.75, 3.05) is 0 Å². The first-order valence-corrected chi connectivity index (χ1v) is 5.25. The highest BCUT2D eigenvalue weighted by molar-refractivity contribution is 7.20. The zero-order valence-electron chi connectivity index (χ0n) is 6.14. The first kappa shape index (κ1) is 8.54. The van der Waals surface area contributed by atoms with E-state index in [0.29, 0.717) is 14.2 Å². The Labute approximate surface area is 84.3 Å². The molecule has 1 aromatic heterocycles. The molecule has 0 saturated heterocycles. The zero-order valence-corrected chi connectivity index (χ0v) is 8.47. The molecule has 0 atom stereocenters. The van der Waals surface area contributed by atoms with Crippen molar-refractivity contribution in [2.45, 2.75) is 12.8 Å². The zero-order chi connectivity index (χ0) is 8.72. The maximum atomic E-state index is 11.5. The lowest BCUT2D eigenvalue weighted by Crippen LogP contribution is -1.99. The predicted octanol–water partition coefficient (Wildman–Crippen LogP) is 3.65. The molecule has 1 aliphatic carbocycles. The van der Waals surface area contributed by atoms with E-state index in [0.717, 1.165) is 12.8 Å². The summed E-state index contributed by atoms with van der Waals surface area (Å²) in [5, 5.41) is 0. The maximum Gasteiger partial charge on any atom is 0.168 e. The molecule has 1 nitrogen and oxygen atoms in total. The standard InChI is InChI=1S/C8H6Cl2OS/c9-6-3-5(8(10)12-6)7(11)4-1-2-4/h3-4H,1-2H2. The molecule has 0 radical (unpaired) electrons. The highest BCUT2D eigenvalue weighted by Crippen LogP contribution is 2.38. The first-order valence-electron chi connectivity index (χ1n) is 3.67. The van der Waals surface area contributed by atoms with Crippen LogP contribution >= 0.6 is 34.5 Å². The summed E-state index contributed by atoms with van der Waals surface area (Å²) in [5.41, 5.74) is 0.606. The normalized spacial score (nSPS) is 16.5. The van der Waals surface area contributed by atoms with Crippen LogP contribution in [0, 0.1) is 5.92 Å². The maximum absolute atomic E-state index is 11.5. The van der Waals surface area contributed by atoms with Crippen LogP contribution in [0.15, 0.2) is 6.07 Å². The van der Waals surface area contributed by atoms with Gasteiger partial charge in [0.05, 0.1) is 4.34 Å². The van der Waals surface area contributed by atoms with Gasteiger partial charge in [0, 0.05) is 11.5 Å². The minimum Gasteiger partial charge on any atom is -0.294 e. The van der Waals surface area contributed by atoms with E-state index in [-0.39, 0.29) is 11.7 Å². The van der Waals surface area contributed by atoms with Crippen LogP contribution in [0.25, 0.3) is 0 Å². The van der Waals surface area contributed by atoms with Crippen LogP contribution < -0.4 is 0 Å². The number of hydrogen-bond acceptors (Lipinski definition) is 2. The summed E-state index contributed by atoms with van der Waals surface area (Å²) in [6, 6.07) is 1.66. The molecular weight excluding hydrogens is 215 g/mol. The average Bonchev–Trinajstić information content (AvgIpc) is 2.77. The van der Waals surface area contributed by atoms with Gasteiger partial charge in [-0.1, -0.05) is 23.2 Å². The number of Topliss-reactive ketones (excluding diaryl/α,β-unsaturated/α-hetero) is 1. The van der Waals surface area contributed by atoms with Crippen LogP contribution in [-0.4, -0.2) is 5.78 Å². The molecule has 1 aromatic rings. The topological polar surface area (TPSA) is 17.1 Å². The second-order valence-electron chi connectivity index (χ2n) is 2.88. The Morgan fingerprint density at radius 1 is 1.50 bits per heavy atom. The molecule has 2 rings (SSSR count). The van der Waals surface area contributed by atoms with Gasteiger partial charge in [-0.05, 0) is 18.9 Å². The largest absolute Gasteiger partial charge is 0.294 e. The van der Waals surface area contributed by atoms with Gasteiger partial charge in [-0.25, -0.2) is 0 Å². The molecule has 0 aliphatic heterocycles. The molecule has 0 N–H and O–H groups in total. The second kappa shape index (κ2) is 3.02. The Bertz CT molecular complexity index is 328. The fraction of sp³-hybridized carbons (Fsp3) is 0.375. The quantitative estimate of drug-likeness (QED) is 0.696. The molecule has 0 bridgehead atoms. The molecule has 4 heteroatoms. The van der Waals surface area contributed by atoms with Crippen molar-refractivity contribution < 1.29 is 4.79 Å². The van der Waals surface area contributed by atoms with Gasteiger partial charge in [0.2, 0.25) is 0 Å². The Kier molecular flexibility index (Phi) is 2.15. The lowest BCUT2D eigenvalue weighted by Gasteiger charge is -1.92. The van der Waals surface area contributed by atoms with Crippen molar-refractivity contribution >= 4 is 40.3 Å². The van der Waals surface area contributed by atoms with Gasteiger partial charge in [0.15, 0.2) is 5.78 Å². The van der Waals surface area contributed by atoms with Gasteiger partial charge in [-0.3, -0.25) is 4.79 Å². The van der Waals surface area contributed by atoms with E-state index in [9.17, 15) is 4.79 Å². The van der Waals surface area contributed by atoms with Crippen molar-refractivity contribution in [3.8, 4) is 0 Å². The van der Waals surface area contributed by atoms with Gasteiger partial charge in [0.25, 0.3) is 0 Å². The van der Waals surface area contributed by atoms with Crippen LogP contribution in [0.4, 0.5) is 0 Å². The number of hydrogen-bond donors (Lipinski definition) is 0. The monoisotopic (exact) mass is 220 g/mol. The predicted molar refractivity (Wildman–Crippen MR) is 51.4 cm³/mol. The summed E-state index contributed by atoms with van der Waals surface area (Å²) in [4.78, 5) is 11.5. The lowest BCUT2D eigenvalue weighted by molar-refractivity contribution is 0.0968. The summed E-state index contributed by atoms with van der Waals surface area (Å²) in [5.74, 6) is 0.372. The Morgan fingerprint density at radius 3 is 2.58 bits per heavy atom. The molecule has 1 saturated carbocycles.